The maximum atomic E-state index is 13.6. The van der Waals surface area contributed by atoms with Gasteiger partial charge in [0.05, 0.1) is 22.0 Å². The summed E-state index contributed by atoms with van der Waals surface area (Å²) in [6.45, 7) is 0. The zero-order valence-corrected chi connectivity index (χ0v) is 12.7. The van der Waals surface area contributed by atoms with Crippen molar-refractivity contribution in [3.05, 3.63) is 75.7 Å². The van der Waals surface area contributed by atoms with Gasteiger partial charge in [-0.1, -0.05) is 6.07 Å². The molecule has 0 amide bonds. The van der Waals surface area contributed by atoms with Gasteiger partial charge in [0.2, 0.25) is 0 Å². The molecule has 5 nitrogen and oxygen atoms in total. The van der Waals surface area contributed by atoms with Crippen LogP contribution in [0.5, 0.6) is 0 Å². The van der Waals surface area contributed by atoms with Crippen molar-refractivity contribution in [2.45, 2.75) is 18.9 Å². The molecule has 0 fully saturated rings. The van der Waals surface area contributed by atoms with Gasteiger partial charge in [-0.05, 0) is 54.3 Å². The van der Waals surface area contributed by atoms with Crippen molar-refractivity contribution >= 4 is 22.3 Å². The molecular weight excluding hydrogens is 309 g/mol. The SMILES string of the molecule is O=[N+]([O-])c1ccc(NC2CCc3ccc(F)cc32)c2ncccc12. The van der Waals surface area contributed by atoms with Crippen LogP contribution in [0, 0.1) is 15.9 Å². The van der Waals surface area contributed by atoms with Crippen LogP contribution in [0.3, 0.4) is 0 Å². The fraction of sp³-hybridized carbons (Fsp3) is 0.167. The van der Waals surface area contributed by atoms with Crippen LogP contribution in [0.2, 0.25) is 0 Å². The largest absolute Gasteiger partial charge is 0.376 e. The van der Waals surface area contributed by atoms with E-state index in [1.54, 1.807) is 30.5 Å². The highest BCUT2D eigenvalue weighted by Gasteiger charge is 2.24. The Morgan fingerprint density at radius 2 is 2.12 bits per heavy atom. The monoisotopic (exact) mass is 323 g/mol. The number of aryl methyl sites for hydroxylation is 1. The molecule has 24 heavy (non-hydrogen) atoms. The summed E-state index contributed by atoms with van der Waals surface area (Å²) in [7, 11) is 0. The molecule has 0 bridgehead atoms. The van der Waals surface area contributed by atoms with Crippen LogP contribution in [-0.4, -0.2) is 9.91 Å². The van der Waals surface area contributed by atoms with E-state index in [9.17, 15) is 14.5 Å². The van der Waals surface area contributed by atoms with Gasteiger partial charge in [-0.3, -0.25) is 15.1 Å². The Bertz CT molecular complexity index is 958. The van der Waals surface area contributed by atoms with Crippen LogP contribution in [0.1, 0.15) is 23.6 Å². The van der Waals surface area contributed by atoms with Crippen LogP contribution in [0.4, 0.5) is 15.8 Å². The molecule has 1 atom stereocenters. The Hall–Kier alpha value is -3.02. The molecule has 0 aliphatic heterocycles. The predicted octanol–water partition coefficient (Wildman–Crippen LogP) is 4.38. The molecule has 1 N–H and O–H groups in total. The van der Waals surface area contributed by atoms with E-state index in [0.29, 0.717) is 10.9 Å². The molecule has 120 valence electrons. The van der Waals surface area contributed by atoms with Gasteiger partial charge < -0.3 is 5.32 Å². The minimum Gasteiger partial charge on any atom is -0.376 e. The van der Waals surface area contributed by atoms with Gasteiger partial charge in [-0.15, -0.1) is 0 Å². The first-order chi connectivity index (χ1) is 11.6. The average Bonchev–Trinajstić information content (AvgIpc) is 2.97. The molecule has 1 aliphatic rings. The lowest BCUT2D eigenvalue weighted by Gasteiger charge is -2.17. The highest BCUT2D eigenvalue weighted by molar-refractivity contribution is 5.96. The predicted molar refractivity (Wildman–Crippen MR) is 89.5 cm³/mol. The van der Waals surface area contributed by atoms with E-state index in [2.05, 4.69) is 10.3 Å². The van der Waals surface area contributed by atoms with E-state index in [1.165, 1.54) is 12.1 Å². The van der Waals surface area contributed by atoms with Gasteiger partial charge in [0.1, 0.15) is 11.3 Å². The average molecular weight is 323 g/mol. The zero-order chi connectivity index (χ0) is 16.7. The smallest absolute Gasteiger partial charge is 0.278 e. The maximum Gasteiger partial charge on any atom is 0.278 e. The van der Waals surface area contributed by atoms with Gasteiger partial charge in [-0.2, -0.15) is 0 Å². The Kier molecular flexibility index (Phi) is 3.37. The molecule has 3 aromatic rings. The number of fused-ring (bicyclic) bond motifs is 2. The Morgan fingerprint density at radius 3 is 2.96 bits per heavy atom. The third-order valence-electron chi connectivity index (χ3n) is 4.46. The summed E-state index contributed by atoms with van der Waals surface area (Å²) < 4.78 is 13.6. The lowest BCUT2D eigenvalue weighted by atomic mass is 10.1. The number of anilines is 1. The van der Waals surface area contributed by atoms with Gasteiger partial charge in [0.15, 0.2) is 0 Å². The molecule has 0 saturated heterocycles. The molecule has 1 unspecified atom stereocenters. The number of nitro benzene ring substituents is 1. The molecule has 0 spiro atoms. The number of nitro groups is 1. The van der Waals surface area contributed by atoms with E-state index in [4.69, 9.17) is 0 Å². The van der Waals surface area contributed by atoms with Crippen LogP contribution in [-0.2, 0) is 6.42 Å². The second kappa shape index (κ2) is 5.56. The molecular formula is C18H14FN3O2. The lowest BCUT2D eigenvalue weighted by Crippen LogP contribution is -2.08. The van der Waals surface area contributed by atoms with Crippen molar-refractivity contribution < 1.29 is 9.31 Å². The van der Waals surface area contributed by atoms with Gasteiger partial charge >= 0.3 is 0 Å². The number of aromatic nitrogens is 1. The normalized spacial score (nSPS) is 16.1. The number of benzene rings is 2. The fourth-order valence-corrected chi connectivity index (χ4v) is 3.34. The molecule has 6 heteroatoms. The van der Waals surface area contributed by atoms with E-state index >= 15 is 0 Å². The van der Waals surface area contributed by atoms with Gasteiger partial charge in [0, 0.05) is 12.3 Å². The van der Waals surface area contributed by atoms with E-state index in [-0.39, 0.29) is 17.5 Å². The summed E-state index contributed by atoms with van der Waals surface area (Å²) in [4.78, 5) is 15.1. The van der Waals surface area contributed by atoms with Crippen molar-refractivity contribution in [3.8, 4) is 0 Å². The fourth-order valence-electron chi connectivity index (χ4n) is 3.34. The quantitative estimate of drug-likeness (QED) is 0.573. The maximum absolute atomic E-state index is 13.6. The zero-order valence-electron chi connectivity index (χ0n) is 12.7. The van der Waals surface area contributed by atoms with Gasteiger partial charge in [-0.25, -0.2) is 4.39 Å². The topological polar surface area (TPSA) is 68.1 Å². The summed E-state index contributed by atoms with van der Waals surface area (Å²) in [6.07, 6.45) is 3.34. The number of pyridine rings is 1. The third kappa shape index (κ3) is 2.36. The minimum absolute atomic E-state index is 0.0256. The summed E-state index contributed by atoms with van der Waals surface area (Å²) in [5.41, 5.74) is 3.38. The summed E-state index contributed by atoms with van der Waals surface area (Å²) in [5.74, 6) is -0.255. The third-order valence-corrected chi connectivity index (χ3v) is 4.46. The van der Waals surface area contributed by atoms with E-state index in [1.807, 2.05) is 6.07 Å². The first-order valence-electron chi connectivity index (χ1n) is 7.70. The van der Waals surface area contributed by atoms with E-state index < -0.39 is 4.92 Å². The number of non-ortho nitro benzene ring substituents is 1. The van der Waals surface area contributed by atoms with Crippen molar-refractivity contribution in [2.75, 3.05) is 5.32 Å². The highest BCUT2D eigenvalue weighted by Crippen LogP contribution is 2.37. The van der Waals surface area contributed by atoms with Crippen molar-refractivity contribution in [1.29, 1.82) is 0 Å². The number of rotatable bonds is 3. The molecule has 2 aromatic carbocycles. The second-order valence-electron chi connectivity index (χ2n) is 5.87. The second-order valence-corrected chi connectivity index (χ2v) is 5.87. The number of hydrogen-bond donors (Lipinski definition) is 1. The first kappa shape index (κ1) is 14.6. The molecule has 0 radical (unpaired) electrons. The van der Waals surface area contributed by atoms with Crippen LogP contribution in [0.25, 0.3) is 10.9 Å². The first-order valence-corrected chi connectivity index (χ1v) is 7.70. The Balaban J connectivity index is 1.76. The lowest BCUT2D eigenvalue weighted by molar-refractivity contribution is -0.383. The number of nitrogens with one attached hydrogen (secondary N) is 1. The highest BCUT2D eigenvalue weighted by atomic mass is 19.1. The summed E-state index contributed by atoms with van der Waals surface area (Å²) in [6, 6.07) is 11.3. The Morgan fingerprint density at radius 1 is 1.25 bits per heavy atom. The molecule has 1 heterocycles. The minimum atomic E-state index is -0.409. The summed E-state index contributed by atoms with van der Waals surface area (Å²) in [5, 5.41) is 15.1. The van der Waals surface area contributed by atoms with Crippen molar-refractivity contribution in [1.82, 2.24) is 4.98 Å². The number of nitrogens with zero attached hydrogens (tertiary/aromatic N) is 2. The Labute approximate surface area is 137 Å². The molecule has 1 aromatic heterocycles. The van der Waals surface area contributed by atoms with Crippen molar-refractivity contribution in [3.63, 3.8) is 0 Å². The number of hydrogen-bond acceptors (Lipinski definition) is 4. The molecule has 1 aliphatic carbocycles. The summed E-state index contributed by atoms with van der Waals surface area (Å²) >= 11 is 0. The van der Waals surface area contributed by atoms with Crippen LogP contribution in [0.15, 0.2) is 48.7 Å². The van der Waals surface area contributed by atoms with Crippen LogP contribution >= 0.6 is 0 Å². The molecule has 0 saturated carbocycles. The number of halogens is 1. The van der Waals surface area contributed by atoms with Gasteiger partial charge in [0.25, 0.3) is 5.69 Å². The standard InChI is InChI=1S/C18H14FN3O2/c19-12-5-3-11-4-6-15(14(11)10-12)21-16-7-8-17(22(23)24)13-2-1-9-20-18(13)16/h1-3,5,7-10,15,21H,4,6H2. The van der Waals surface area contributed by atoms with E-state index in [0.717, 1.165) is 29.7 Å². The van der Waals surface area contributed by atoms with Crippen LogP contribution < -0.4 is 5.32 Å². The van der Waals surface area contributed by atoms with Crippen molar-refractivity contribution in [2.24, 2.45) is 0 Å². The molecule has 4 rings (SSSR count).